The predicted octanol–water partition coefficient (Wildman–Crippen LogP) is 1.88. The van der Waals surface area contributed by atoms with Crippen LogP contribution in [-0.2, 0) is 6.42 Å². The third-order valence-electron chi connectivity index (χ3n) is 3.21. The Balaban J connectivity index is 2.00. The zero-order valence-electron chi connectivity index (χ0n) is 9.32. The summed E-state index contributed by atoms with van der Waals surface area (Å²) in [6.07, 6.45) is 6.30. The molecule has 0 atom stereocenters. The number of aryl methyl sites for hydroxylation is 1. The molecule has 3 rings (SSSR count). The molecule has 2 N–H and O–H groups in total. The van der Waals surface area contributed by atoms with Crippen LogP contribution >= 0.6 is 0 Å². The Bertz CT molecular complexity index is 500. The van der Waals surface area contributed by atoms with Gasteiger partial charge in [-0.15, -0.1) is 0 Å². The van der Waals surface area contributed by atoms with Crippen molar-refractivity contribution in [3.8, 4) is 0 Å². The highest BCUT2D eigenvalue weighted by atomic mass is 15.2. The molecule has 1 fully saturated rings. The summed E-state index contributed by atoms with van der Waals surface area (Å²) in [5, 5.41) is 10.7. The molecule has 0 radical (unpaired) electrons. The molecule has 1 aliphatic rings. The molecule has 0 spiro atoms. The zero-order valence-corrected chi connectivity index (χ0v) is 9.32. The van der Waals surface area contributed by atoms with E-state index >= 15 is 0 Å². The van der Waals surface area contributed by atoms with Crippen molar-refractivity contribution in [2.75, 3.05) is 5.32 Å². The molecule has 0 saturated heterocycles. The van der Waals surface area contributed by atoms with Crippen molar-refractivity contribution in [2.24, 2.45) is 0 Å². The molecule has 2 heterocycles. The maximum atomic E-state index is 4.29. The quantitative estimate of drug-likeness (QED) is 0.823. The summed E-state index contributed by atoms with van der Waals surface area (Å²) in [6, 6.07) is 0.569. The SMILES string of the molecule is CCc1[nH]nc2c(NC3CCC3)ncnc12. The van der Waals surface area contributed by atoms with Crippen molar-refractivity contribution in [2.45, 2.75) is 38.6 Å². The lowest BCUT2D eigenvalue weighted by Crippen LogP contribution is -2.27. The molecule has 2 aromatic heterocycles. The lowest BCUT2D eigenvalue weighted by molar-refractivity contribution is 0.444. The van der Waals surface area contributed by atoms with Gasteiger partial charge < -0.3 is 5.32 Å². The Labute approximate surface area is 93.7 Å². The number of anilines is 1. The van der Waals surface area contributed by atoms with Crippen molar-refractivity contribution >= 4 is 16.9 Å². The molecule has 84 valence electrons. The lowest BCUT2D eigenvalue weighted by atomic mass is 9.93. The lowest BCUT2D eigenvalue weighted by Gasteiger charge is -2.26. The van der Waals surface area contributed by atoms with Gasteiger partial charge in [0.2, 0.25) is 0 Å². The van der Waals surface area contributed by atoms with Crippen LogP contribution in [-0.4, -0.2) is 26.2 Å². The van der Waals surface area contributed by atoms with E-state index in [0.717, 1.165) is 29.0 Å². The number of fused-ring (bicyclic) bond motifs is 1. The maximum absolute atomic E-state index is 4.29. The molecule has 0 unspecified atom stereocenters. The highest BCUT2D eigenvalue weighted by Crippen LogP contribution is 2.26. The van der Waals surface area contributed by atoms with E-state index in [0.29, 0.717) is 6.04 Å². The Hall–Kier alpha value is -1.65. The van der Waals surface area contributed by atoms with E-state index in [1.165, 1.54) is 19.3 Å². The summed E-state index contributed by atoms with van der Waals surface area (Å²) in [4.78, 5) is 8.55. The normalized spacial score (nSPS) is 16.3. The van der Waals surface area contributed by atoms with Gasteiger partial charge >= 0.3 is 0 Å². The van der Waals surface area contributed by atoms with Crippen molar-refractivity contribution in [3.05, 3.63) is 12.0 Å². The molecule has 0 amide bonds. The summed E-state index contributed by atoms with van der Waals surface area (Å²) in [5.74, 6) is 0.866. The third kappa shape index (κ3) is 1.43. The molecular formula is C11H15N5. The molecule has 0 aliphatic heterocycles. The van der Waals surface area contributed by atoms with Gasteiger partial charge in [0, 0.05) is 6.04 Å². The minimum atomic E-state index is 0.569. The molecule has 2 aromatic rings. The van der Waals surface area contributed by atoms with Crippen LogP contribution in [0.15, 0.2) is 6.33 Å². The fraction of sp³-hybridized carbons (Fsp3) is 0.545. The van der Waals surface area contributed by atoms with E-state index in [1.54, 1.807) is 6.33 Å². The Morgan fingerprint density at radius 3 is 2.94 bits per heavy atom. The maximum Gasteiger partial charge on any atom is 0.158 e. The molecule has 1 saturated carbocycles. The van der Waals surface area contributed by atoms with Crippen LogP contribution in [0.5, 0.6) is 0 Å². The number of hydrogen-bond donors (Lipinski definition) is 2. The van der Waals surface area contributed by atoms with Crippen LogP contribution in [0.25, 0.3) is 11.0 Å². The van der Waals surface area contributed by atoms with Crippen LogP contribution in [0.3, 0.4) is 0 Å². The largest absolute Gasteiger partial charge is 0.365 e. The summed E-state index contributed by atoms with van der Waals surface area (Å²) in [6.45, 7) is 2.09. The van der Waals surface area contributed by atoms with Gasteiger partial charge in [0.25, 0.3) is 0 Å². The number of rotatable bonds is 3. The Morgan fingerprint density at radius 2 is 2.25 bits per heavy atom. The minimum absolute atomic E-state index is 0.569. The average Bonchev–Trinajstić information content (AvgIpc) is 2.67. The number of hydrogen-bond acceptors (Lipinski definition) is 4. The van der Waals surface area contributed by atoms with Crippen LogP contribution < -0.4 is 5.32 Å². The Morgan fingerprint density at radius 1 is 1.38 bits per heavy atom. The fourth-order valence-corrected chi connectivity index (χ4v) is 1.98. The second-order valence-electron chi connectivity index (χ2n) is 4.25. The van der Waals surface area contributed by atoms with Gasteiger partial charge in [0.1, 0.15) is 11.8 Å². The third-order valence-corrected chi connectivity index (χ3v) is 3.21. The van der Waals surface area contributed by atoms with Gasteiger partial charge in [-0.25, -0.2) is 9.97 Å². The van der Waals surface area contributed by atoms with Crippen LogP contribution in [0.4, 0.5) is 5.82 Å². The second-order valence-corrected chi connectivity index (χ2v) is 4.25. The molecule has 1 aliphatic carbocycles. The van der Waals surface area contributed by atoms with E-state index in [1.807, 2.05) is 0 Å². The number of aromatic nitrogens is 4. The van der Waals surface area contributed by atoms with E-state index in [2.05, 4.69) is 32.4 Å². The van der Waals surface area contributed by atoms with Crippen LogP contribution in [0.2, 0.25) is 0 Å². The molecule has 5 heteroatoms. The van der Waals surface area contributed by atoms with Crippen LogP contribution in [0.1, 0.15) is 31.9 Å². The smallest absolute Gasteiger partial charge is 0.158 e. The highest BCUT2D eigenvalue weighted by molar-refractivity contribution is 5.86. The summed E-state index contributed by atoms with van der Waals surface area (Å²) < 4.78 is 0. The monoisotopic (exact) mass is 217 g/mol. The first-order valence-corrected chi connectivity index (χ1v) is 5.83. The van der Waals surface area contributed by atoms with E-state index < -0.39 is 0 Å². The molecule has 16 heavy (non-hydrogen) atoms. The highest BCUT2D eigenvalue weighted by Gasteiger charge is 2.19. The first-order chi connectivity index (χ1) is 7.88. The van der Waals surface area contributed by atoms with Gasteiger partial charge in [-0.1, -0.05) is 6.92 Å². The van der Waals surface area contributed by atoms with Gasteiger partial charge in [-0.3, -0.25) is 5.10 Å². The van der Waals surface area contributed by atoms with Crippen LogP contribution in [0, 0.1) is 0 Å². The van der Waals surface area contributed by atoms with Crippen molar-refractivity contribution in [1.82, 2.24) is 20.2 Å². The Kier molecular flexibility index (Phi) is 2.23. The first kappa shape index (κ1) is 9.57. The standard InChI is InChI=1S/C11H15N5/c1-2-8-9-10(16-15-8)11(13-6-12-9)14-7-4-3-5-7/h6-7H,2-5H2,1H3,(H,15,16)(H,12,13,14). The van der Waals surface area contributed by atoms with E-state index in [9.17, 15) is 0 Å². The summed E-state index contributed by atoms with van der Waals surface area (Å²) in [5.41, 5.74) is 2.89. The average molecular weight is 217 g/mol. The van der Waals surface area contributed by atoms with Gasteiger partial charge in [0.15, 0.2) is 11.3 Å². The fourth-order valence-electron chi connectivity index (χ4n) is 1.98. The molecule has 0 bridgehead atoms. The summed E-state index contributed by atoms with van der Waals surface area (Å²) >= 11 is 0. The second kappa shape index (κ2) is 3.73. The topological polar surface area (TPSA) is 66.5 Å². The number of nitrogens with one attached hydrogen (secondary N) is 2. The van der Waals surface area contributed by atoms with E-state index in [-0.39, 0.29) is 0 Å². The number of aromatic amines is 1. The zero-order chi connectivity index (χ0) is 11.0. The van der Waals surface area contributed by atoms with Gasteiger partial charge in [-0.2, -0.15) is 5.10 Å². The number of nitrogens with zero attached hydrogens (tertiary/aromatic N) is 3. The summed E-state index contributed by atoms with van der Waals surface area (Å²) in [7, 11) is 0. The van der Waals surface area contributed by atoms with E-state index in [4.69, 9.17) is 0 Å². The predicted molar refractivity (Wildman–Crippen MR) is 62.3 cm³/mol. The van der Waals surface area contributed by atoms with Crippen molar-refractivity contribution in [3.63, 3.8) is 0 Å². The van der Waals surface area contributed by atoms with Gasteiger partial charge in [0.05, 0.1) is 5.69 Å². The minimum Gasteiger partial charge on any atom is -0.365 e. The van der Waals surface area contributed by atoms with Crippen molar-refractivity contribution in [1.29, 1.82) is 0 Å². The first-order valence-electron chi connectivity index (χ1n) is 5.83. The number of H-pyrrole nitrogens is 1. The van der Waals surface area contributed by atoms with Crippen molar-refractivity contribution < 1.29 is 0 Å². The molecule has 5 nitrogen and oxygen atoms in total. The van der Waals surface area contributed by atoms with Gasteiger partial charge in [-0.05, 0) is 25.7 Å². The molecule has 0 aromatic carbocycles. The molecular weight excluding hydrogens is 202 g/mol.